The largest absolute Gasteiger partial charge is 0.416 e. The fourth-order valence-electron chi connectivity index (χ4n) is 1.72. The van der Waals surface area contributed by atoms with Gasteiger partial charge in [0.2, 0.25) is 0 Å². The van der Waals surface area contributed by atoms with Crippen LogP contribution in [-0.4, -0.2) is 20.1 Å². The minimum absolute atomic E-state index is 0.0381. The molecule has 0 bridgehead atoms. The van der Waals surface area contributed by atoms with Crippen molar-refractivity contribution in [3.8, 4) is 0 Å². The van der Waals surface area contributed by atoms with E-state index in [2.05, 4.69) is 10.3 Å². The predicted molar refractivity (Wildman–Crippen MR) is 56.5 cm³/mol. The van der Waals surface area contributed by atoms with Crippen LogP contribution in [0.5, 0.6) is 0 Å². The Morgan fingerprint density at radius 1 is 1.32 bits per heavy atom. The Hall–Kier alpha value is -1.96. The van der Waals surface area contributed by atoms with Crippen molar-refractivity contribution in [1.29, 1.82) is 0 Å². The second-order valence-electron chi connectivity index (χ2n) is 3.91. The van der Waals surface area contributed by atoms with Gasteiger partial charge in [0, 0.05) is 12.6 Å². The second kappa shape index (κ2) is 4.61. The summed E-state index contributed by atoms with van der Waals surface area (Å²) in [5.74, 6) is -0.864. The smallest absolute Gasteiger partial charge is 0.382 e. The lowest BCUT2D eigenvalue weighted by Crippen LogP contribution is -2.15. The number of halogens is 4. The molecule has 1 aromatic carbocycles. The van der Waals surface area contributed by atoms with Crippen LogP contribution in [0.4, 0.5) is 17.6 Å². The van der Waals surface area contributed by atoms with Gasteiger partial charge in [0.15, 0.2) is 0 Å². The maximum absolute atomic E-state index is 13.1. The van der Waals surface area contributed by atoms with Gasteiger partial charge in [-0.05, 0) is 18.2 Å². The molecule has 0 fully saturated rings. The minimum atomic E-state index is -4.68. The molecule has 0 aliphatic carbocycles. The normalized spacial score (nSPS) is 13.6. The third kappa shape index (κ3) is 2.58. The van der Waals surface area contributed by atoms with E-state index in [0.29, 0.717) is 18.2 Å². The first kappa shape index (κ1) is 13.5. The molecule has 0 aliphatic rings. The molecule has 19 heavy (non-hydrogen) atoms. The molecule has 1 atom stereocenters. The second-order valence-corrected chi connectivity index (χ2v) is 3.91. The Bertz CT molecular complexity index is 594. The van der Waals surface area contributed by atoms with Crippen LogP contribution in [0.1, 0.15) is 22.9 Å². The molecule has 102 valence electrons. The highest BCUT2D eigenvalue weighted by atomic mass is 19.4. The lowest BCUT2D eigenvalue weighted by atomic mass is 10.00. The quantitative estimate of drug-likeness (QED) is 0.853. The molecular formula is C11H9F4N3O. The number of aliphatic hydroxyl groups is 1. The summed E-state index contributed by atoms with van der Waals surface area (Å²) in [6.07, 6.45) is -5.22. The molecule has 0 saturated heterocycles. The van der Waals surface area contributed by atoms with Gasteiger partial charge >= 0.3 is 6.18 Å². The van der Waals surface area contributed by atoms with E-state index in [1.165, 1.54) is 7.05 Å². The van der Waals surface area contributed by atoms with E-state index >= 15 is 0 Å². The van der Waals surface area contributed by atoms with E-state index in [1.54, 1.807) is 0 Å². The Morgan fingerprint density at radius 2 is 2.00 bits per heavy atom. The van der Waals surface area contributed by atoms with Crippen molar-refractivity contribution < 1.29 is 22.7 Å². The fourth-order valence-corrected chi connectivity index (χ4v) is 1.72. The van der Waals surface area contributed by atoms with Crippen molar-refractivity contribution >= 4 is 0 Å². The van der Waals surface area contributed by atoms with E-state index in [-0.39, 0.29) is 5.69 Å². The van der Waals surface area contributed by atoms with Crippen LogP contribution >= 0.6 is 0 Å². The van der Waals surface area contributed by atoms with Gasteiger partial charge in [0.25, 0.3) is 0 Å². The van der Waals surface area contributed by atoms with Gasteiger partial charge in [0.05, 0.1) is 17.5 Å². The molecule has 0 radical (unpaired) electrons. The maximum Gasteiger partial charge on any atom is 0.416 e. The number of benzene rings is 1. The first-order valence-corrected chi connectivity index (χ1v) is 5.20. The average Bonchev–Trinajstić information content (AvgIpc) is 2.72. The molecule has 8 heteroatoms. The van der Waals surface area contributed by atoms with Gasteiger partial charge in [0.1, 0.15) is 11.9 Å². The molecule has 0 amide bonds. The molecular weight excluding hydrogens is 266 g/mol. The summed E-state index contributed by atoms with van der Waals surface area (Å²) >= 11 is 0. The Morgan fingerprint density at radius 3 is 2.53 bits per heavy atom. The summed E-state index contributed by atoms with van der Waals surface area (Å²) in [5.41, 5.74) is -1.63. The van der Waals surface area contributed by atoms with Crippen molar-refractivity contribution in [3.05, 3.63) is 47.0 Å². The molecule has 0 spiro atoms. The number of rotatable bonds is 2. The molecule has 1 aromatic heterocycles. The Kier molecular flexibility index (Phi) is 3.27. The fraction of sp³-hybridized carbons (Fsp3) is 0.273. The van der Waals surface area contributed by atoms with E-state index in [0.717, 1.165) is 10.9 Å². The average molecular weight is 275 g/mol. The van der Waals surface area contributed by atoms with Crippen molar-refractivity contribution in [2.24, 2.45) is 7.05 Å². The van der Waals surface area contributed by atoms with Crippen LogP contribution in [-0.2, 0) is 13.2 Å². The van der Waals surface area contributed by atoms with Crippen molar-refractivity contribution in [2.75, 3.05) is 0 Å². The molecule has 2 rings (SSSR count). The number of hydrogen-bond acceptors (Lipinski definition) is 3. The SMILES string of the molecule is Cn1nncc1C(O)c1cc(F)ccc1C(F)(F)F. The van der Waals surface area contributed by atoms with E-state index in [1.807, 2.05) is 0 Å². The summed E-state index contributed by atoms with van der Waals surface area (Å²) in [4.78, 5) is 0. The highest BCUT2D eigenvalue weighted by Gasteiger charge is 2.36. The van der Waals surface area contributed by atoms with Crippen molar-refractivity contribution in [2.45, 2.75) is 12.3 Å². The van der Waals surface area contributed by atoms with Gasteiger partial charge < -0.3 is 5.11 Å². The number of aliphatic hydroxyl groups excluding tert-OH is 1. The lowest BCUT2D eigenvalue weighted by Gasteiger charge is -2.17. The van der Waals surface area contributed by atoms with Crippen molar-refractivity contribution in [3.63, 3.8) is 0 Å². The summed E-state index contributed by atoms with van der Waals surface area (Å²) in [5, 5.41) is 16.9. The molecule has 1 unspecified atom stereocenters. The summed E-state index contributed by atoms with van der Waals surface area (Å²) in [6.45, 7) is 0. The van der Waals surface area contributed by atoms with E-state index < -0.39 is 29.2 Å². The predicted octanol–water partition coefficient (Wildman–Crippen LogP) is 2.05. The van der Waals surface area contributed by atoms with Crippen LogP contribution < -0.4 is 0 Å². The maximum atomic E-state index is 13.1. The standard InChI is InChI=1S/C11H9F4N3O/c1-18-9(5-16-17-18)10(19)7-4-6(12)2-3-8(7)11(13,14)15/h2-5,10,19H,1H3. The zero-order valence-corrected chi connectivity index (χ0v) is 9.69. The Balaban J connectivity index is 2.55. The number of aromatic nitrogens is 3. The molecule has 2 aromatic rings. The third-order valence-corrected chi connectivity index (χ3v) is 2.64. The summed E-state index contributed by atoms with van der Waals surface area (Å²) in [7, 11) is 1.41. The first-order valence-electron chi connectivity index (χ1n) is 5.20. The van der Waals surface area contributed by atoms with Gasteiger partial charge in [-0.1, -0.05) is 5.21 Å². The van der Waals surface area contributed by atoms with Crippen LogP contribution in [0.15, 0.2) is 24.4 Å². The van der Waals surface area contributed by atoms with Gasteiger partial charge in [-0.15, -0.1) is 5.10 Å². The molecule has 1 N–H and O–H groups in total. The van der Waals surface area contributed by atoms with E-state index in [4.69, 9.17) is 0 Å². The topological polar surface area (TPSA) is 50.9 Å². The third-order valence-electron chi connectivity index (χ3n) is 2.64. The summed E-state index contributed by atoms with van der Waals surface area (Å²) in [6, 6.07) is 1.94. The van der Waals surface area contributed by atoms with Gasteiger partial charge in [-0.2, -0.15) is 13.2 Å². The zero-order chi connectivity index (χ0) is 14.2. The zero-order valence-electron chi connectivity index (χ0n) is 9.69. The minimum Gasteiger partial charge on any atom is -0.382 e. The number of aryl methyl sites for hydroxylation is 1. The van der Waals surface area contributed by atoms with Crippen LogP contribution in [0, 0.1) is 5.82 Å². The monoisotopic (exact) mass is 275 g/mol. The molecule has 4 nitrogen and oxygen atoms in total. The molecule has 1 heterocycles. The van der Waals surface area contributed by atoms with Gasteiger partial charge in [-0.3, -0.25) is 0 Å². The Labute approximate surface area is 105 Å². The lowest BCUT2D eigenvalue weighted by molar-refractivity contribution is -0.139. The van der Waals surface area contributed by atoms with Gasteiger partial charge in [-0.25, -0.2) is 9.07 Å². The van der Waals surface area contributed by atoms with Crippen LogP contribution in [0.2, 0.25) is 0 Å². The summed E-state index contributed by atoms with van der Waals surface area (Å²) < 4.78 is 52.7. The highest BCUT2D eigenvalue weighted by molar-refractivity contribution is 5.35. The van der Waals surface area contributed by atoms with Crippen LogP contribution in [0.25, 0.3) is 0 Å². The highest BCUT2D eigenvalue weighted by Crippen LogP contribution is 2.36. The molecule has 0 saturated carbocycles. The first-order chi connectivity index (χ1) is 8.80. The molecule has 0 aliphatic heterocycles. The number of alkyl halides is 3. The number of nitrogens with zero attached hydrogens (tertiary/aromatic N) is 3. The van der Waals surface area contributed by atoms with Crippen LogP contribution in [0.3, 0.4) is 0 Å². The van der Waals surface area contributed by atoms with Crippen molar-refractivity contribution in [1.82, 2.24) is 15.0 Å². The van der Waals surface area contributed by atoms with E-state index in [9.17, 15) is 22.7 Å². The number of hydrogen-bond donors (Lipinski definition) is 1.